The van der Waals surface area contributed by atoms with Crippen molar-refractivity contribution < 1.29 is 27.9 Å². The van der Waals surface area contributed by atoms with Gasteiger partial charge in [0.1, 0.15) is 5.60 Å². The highest BCUT2D eigenvalue weighted by molar-refractivity contribution is 7.88. The number of nitrogens with zero attached hydrogens (tertiary/aromatic N) is 1. The van der Waals surface area contributed by atoms with E-state index in [1.165, 1.54) is 5.56 Å². The van der Waals surface area contributed by atoms with Crippen LogP contribution in [0.4, 0.5) is 4.79 Å². The van der Waals surface area contributed by atoms with Crippen molar-refractivity contribution in [3.05, 3.63) is 59.7 Å². The molecule has 0 saturated carbocycles. The van der Waals surface area contributed by atoms with E-state index in [1.807, 2.05) is 45.0 Å². The fourth-order valence-corrected chi connectivity index (χ4v) is 6.17. The summed E-state index contributed by atoms with van der Waals surface area (Å²) in [6.07, 6.45) is 7.25. The van der Waals surface area contributed by atoms with E-state index >= 15 is 0 Å². The normalized spacial score (nSPS) is 17.9. The van der Waals surface area contributed by atoms with Crippen LogP contribution in [-0.2, 0) is 32.4 Å². The highest BCUT2D eigenvalue weighted by atomic mass is 32.2. The highest BCUT2D eigenvalue weighted by Crippen LogP contribution is 2.29. The Morgan fingerprint density at radius 3 is 2.48 bits per heavy atom. The van der Waals surface area contributed by atoms with Gasteiger partial charge in [0.2, 0.25) is 10.0 Å². The van der Waals surface area contributed by atoms with Crippen LogP contribution in [0.25, 0.3) is 11.1 Å². The lowest BCUT2D eigenvalue weighted by Gasteiger charge is -2.41. The van der Waals surface area contributed by atoms with Crippen molar-refractivity contribution in [3.8, 4) is 11.1 Å². The van der Waals surface area contributed by atoms with Gasteiger partial charge in [-0.05, 0) is 81.5 Å². The molecule has 0 radical (unpaired) electrons. The van der Waals surface area contributed by atoms with Gasteiger partial charge in [0.15, 0.2) is 0 Å². The van der Waals surface area contributed by atoms with Gasteiger partial charge < -0.3 is 14.7 Å². The minimum Gasteiger partial charge on any atom is -0.481 e. The number of ether oxygens (including phenoxy) is 1. The molecule has 2 aromatic carbocycles. The van der Waals surface area contributed by atoms with Crippen LogP contribution in [-0.4, -0.2) is 61.0 Å². The SMILES string of the molecule is CC(C)(C)OC(=O)N1CCCC(NS(C)(=O)=O)C1Cc1cccc(-c2ccccc2CCCCCCC(=O)O)c1. The van der Waals surface area contributed by atoms with Crippen LogP contribution in [0, 0.1) is 0 Å². The summed E-state index contributed by atoms with van der Waals surface area (Å²) in [5.74, 6) is -0.744. The number of carboxylic acid groups (broad SMARTS) is 1. The van der Waals surface area contributed by atoms with E-state index in [1.54, 1.807) is 4.90 Å². The zero-order valence-corrected chi connectivity index (χ0v) is 25.0. The summed E-state index contributed by atoms with van der Waals surface area (Å²) < 4.78 is 32.8. The molecule has 8 nitrogen and oxygen atoms in total. The average Bonchev–Trinajstić information content (AvgIpc) is 2.85. The quantitative estimate of drug-likeness (QED) is 0.311. The second-order valence-electron chi connectivity index (χ2n) is 11.7. The number of likely N-dealkylation sites (tertiary alicyclic amines) is 1. The smallest absolute Gasteiger partial charge is 0.410 e. The topological polar surface area (TPSA) is 113 Å². The van der Waals surface area contributed by atoms with Crippen molar-refractivity contribution in [2.24, 2.45) is 0 Å². The number of benzene rings is 2. The van der Waals surface area contributed by atoms with Crippen LogP contribution in [0.15, 0.2) is 48.5 Å². The maximum Gasteiger partial charge on any atom is 0.410 e. The van der Waals surface area contributed by atoms with Gasteiger partial charge in [-0.15, -0.1) is 0 Å². The molecular weight excluding hydrogens is 528 g/mol. The third-order valence-electron chi connectivity index (χ3n) is 7.06. The van der Waals surface area contributed by atoms with Gasteiger partial charge in [0, 0.05) is 19.0 Å². The molecule has 1 aliphatic rings. The number of rotatable bonds is 12. The van der Waals surface area contributed by atoms with Crippen molar-refractivity contribution >= 4 is 22.1 Å². The van der Waals surface area contributed by atoms with E-state index in [4.69, 9.17) is 9.84 Å². The molecule has 1 amide bonds. The molecule has 2 unspecified atom stereocenters. The van der Waals surface area contributed by atoms with E-state index in [2.05, 4.69) is 29.0 Å². The van der Waals surface area contributed by atoms with Crippen LogP contribution in [0.3, 0.4) is 0 Å². The Labute approximate surface area is 239 Å². The van der Waals surface area contributed by atoms with Gasteiger partial charge in [-0.2, -0.15) is 0 Å². The number of hydrogen-bond donors (Lipinski definition) is 2. The summed E-state index contributed by atoms with van der Waals surface area (Å²) in [5, 5.41) is 8.83. The molecule has 1 heterocycles. The standard InChI is InChI=1S/C31H44N2O6S/c1-31(2,3)39-30(36)33-20-12-18-27(32-40(4,37)38)28(33)22-23-13-11-16-25(21-23)26-17-10-9-15-24(26)14-7-5-6-8-19-29(34)35/h9-11,13,15-17,21,27-28,32H,5-8,12,14,18-20,22H2,1-4H3,(H,34,35). The van der Waals surface area contributed by atoms with Crippen molar-refractivity contribution in [2.75, 3.05) is 12.8 Å². The lowest BCUT2D eigenvalue weighted by atomic mass is 9.89. The van der Waals surface area contributed by atoms with Gasteiger partial charge >= 0.3 is 12.1 Å². The number of amides is 1. The van der Waals surface area contributed by atoms with Crippen molar-refractivity contribution in [3.63, 3.8) is 0 Å². The maximum absolute atomic E-state index is 13.2. The van der Waals surface area contributed by atoms with E-state index in [9.17, 15) is 18.0 Å². The first-order valence-electron chi connectivity index (χ1n) is 14.2. The number of aryl methyl sites for hydroxylation is 1. The van der Waals surface area contributed by atoms with Gasteiger partial charge in [-0.3, -0.25) is 4.79 Å². The molecule has 0 aliphatic carbocycles. The summed E-state index contributed by atoms with van der Waals surface area (Å²) in [6.45, 7) is 5.99. The number of hydrogen-bond acceptors (Lipinski definition) is 5. The van der Waals surface area contributed by atoms with Crippen LogP contribution in [0.2, 0.25) is 0 Å². The first-order valence-corrected chi connectivity index (χ1v) is 16.1. The largest absolute Gasteiger partial charge is 0.481 e. The predicted molar refractivity (Wildman–Crippen MR) is 158 cm³/mol. The summed E-state index contributed by atoms with van der Waals surface area (Å²) in [7, 11) is -3.47. The van der Waals surface area contributed by atoms with Gasteiger partial charge in [-0.1, -0.05) is 61.4 Å². The molecule has 1 saturated heterocycles. The second kappa shape index (κ2) is 14.1. The van der Waals surface area contributed by atoms with Crippen molar-refractivity contribution in [1.29, 1.82) is 0 Å². The molecule has 40 heavy (non-hydrogen) atoms. The van der Waals surface area contributed by atoms with Gasteiger partial charge in [0.05, 0.1) is 12.3 Å². The third kappa shape index (κ3) is 10.2. The first kappa shape index (κ1) is 31.6. The lowest BCUT2D eigenvalue weighted by molar-refractivity contribution is -0.137. The molecule has 0 bridgehead atoms. The molecule has 2 atom stereocenters. The number of carbonyl (C=O) groups excluding carboxylic acids is 1. The highest BCUT2D eigenvalue weighted by Gasteiger charge is 2.37. The number of aliphatic carboxylic acids is 1. The molecule has 0 aromatic heterocycles. The molecule has 2 aromatic rings. The molecule has 1 aliphatic heterocycles. The lowest BCUT2D eigenvalue weighted by Crippen LogP contribution is -2.58. The molecule has 1 fully saturated rings. The number of unbranched alkanes of at least 4 members (excludes halogenated alkanes) is 3. The van der Waals surface area contributed by atoms with E-state index < -0.39 is 33.7 Å². The summed E-state index contributed by atoms with van der Waals surface area (Å²) >= 11 is 0. The zero-order valence-electron chi connectivity index (χ0n) is 24.2. The Kier molecular flexibility index (Phi) is 11.2. The van der Waals surface area contributed by atoms with Crippen molar-refractivity contribution in [1.82, 2.24) is 9.62 Å². The molecular formula is C31H44N2O6S. The third-order valence-corrected chi connectivity index (χ3v) is 7.79. The van der Waals surface area contributed by atoms with Gasteiger partial charge in [0.25, 0.3) is 0 Å². The molecule has 2 N–H and O–H groups in total. The van der Waals surface area contributed by atoms with Crippen LogP contribution in [0.1, 0.15) is 76.8 Å². The van der Waals surface area contributed by atoms with Crippen LogP contribution >= 0.6 is 0 Å². The van der Waals surface area contributed by atoms with Gasteiger partial charge in [-0.25, -0.2) is 17.9 Å². The summed E-state index contributed by atoms with van der Waals surface area (Å²) in [4.78, 5) is 25.6. The fraction of sp³-hybridized carbons (Fsp3) is 0.548. The van der Waals surface area contributed by atoms with E-state index in [0.717, 1.165) is 48.6 Å². The van der Waals surface area contributed by atoms with Crippen LogP contribution in [0.5, 0.6) is 0 Å². The second-order valence-corrected chi connectivity index (χ2v) is 13.5. The fourth-order valence-electron chi connectivity index (χ4n) is 5.34. The number of nitrogens with one attached hydrogen (secondary N) is 1. The Hall–Kier alpha value is -2.91. The summed E-state index contributed by atoms with van der Waals surface area (Å²) in [5.41, 5.74) is 3.82. The number of piperidine rings is 1. The van der Waals surface area contributed by atoms with E-state index in [0.29, 0.717) is 32.2 Å². The Balaban J connectivity index is 1.80. The molecule has 9 heteroatoms. The van der Waals surface area contributed by atoms with Crippen molar-refractivity contribution in [2.45, 2.75) is 96.2 Å². The Bertz CT molecular complexity index is 1250. The molecule has 3 rings (SSSR count). The minimum absolute atomic E-state index is 0.219. The average molecular weight is 573 g/mol. The molecule has 220 valence electrons. The monoisotopic (exact) mass is 572 g/mol. The minimum atomic E-state index is -3.47. The maximum atomic E-state index is 13.2. The Morgan fingerprint density at radius 2 is 1.77 bits per heavy atom. The summed E-state index contributed by atoms with van der Waals surface area (Å²) in [6, 6.07) is 15.8. The number of sulfonamides is 1. The Morgan fingerprint density at radius 1 is 1.05 bits per heavy atom. The zero-order chi connectivity index (χ0) is 29.3. The van der Waals surface area contributed by atoms with E-state index in [-0.39, 0.29) is 12.5 Å². The number of carbonyl (C=O) groups is 2. The first-order chi connectivity index (χ1) is 18.8. The molecule has 0 spiro atoms. The predicted octanol–water partition coefficient (Wildman–Crippen LogP) is 5.79. The van der Waals surface area contributed by atoms with Crippen LogP contribution < -0.4 is 4.72 Å². The number of carboxylic acids is 1.